The SMILES string of the molecule is O=C1C[C@]2(C=C(c3cccc([N+](=O)[O-])c3)NO2)C(=O)N1c1ccc(Cl)cc1. The zero-order valence-electron chi connectivity index (χ0n) is 13.7. The number of benzene rings is 2. The first kappa shape index (κ1) is 17.2. The largest absolute Gasteiger partial charge is 0.274 e. The van der Waals surface area contributed by atoms with E-state index in [1.54, 1.807) is 30.3 Å². The van der Waals surface area contributed by atoms with Crippen LogP contribution in [-0.4, -0.2) is 22.3 Å². The van der Waals surface area contributed by atoms with Gasteiger partial charge >= 0.3 is 0 Å². The van der Waals surface area contributed by atoms with Gasteiger partial charge in [-0.2, -0.15) is 0 Å². The fraction of sp³-hybridized carbons (Fsp3) is 0.111. The Kier molecular flexibility index (Phi) is 3.94. The third-order valence-electron chi connectivity index (χ3n) is 4.40. The van der Waals surface area contributed by atoms with Gasteiger partial charge in [-0.1, -0.05) is 23.7 Å². The van der Waals surface area contributed by atoms with Gasteiger partial charge in [-0.25, -0.2) is 4.90 Å². The molecule has 0 aromatic heterocycles. The van der Waals surface area contributed by atoms with Gasteiger partial charge in [0.15, 0.2) is 0 Å². The predicted molar refractivity (Wildman–Crippen MR) is 96.6 cm³/mol. The molecule has 1 saturated heterocycles. The maximum absolute atomic E-state index is 12.9. The molecule has 2 aromatic carbocycles. The van der Waals surface area contributed by atoms with E-state index in [2.05, 4.69) is 5.48 Å². The summed E-state index contributed by atoms with van der Waals surface area (Å²) in [6, 6.07) is 12.2. The second-order valence-electron chi connectivity index (χ2n) is 6.15. The van der Waals surface area contributed by atoms with Crippen molar-refractivity contribution < 1.29 is 19.3 Å². The lowest BCUT2D eigenvalue weighted by Crippen LogP contribution is -2.40. The molecule has 2 amide bonds. The first-order chi connectivity index (χ1) is 12.9. The molecule has 9 heteroatoms. The van der Waals surface area contributed by atoms with E-state index >= 15 is 0 Å². The van der Waals surface area contributed by atoms with E-state index in [1.807, 2.05) is 0 Å². The summed E-state index contributed by atoms with van der Waals surface area (Å²) in [6.07, 6.45) is 1.31. The third kappa shape index (κ3) is 2.84. The summed E-state index contributed by atoms with van der Waals surface area (Å²) in [7, 11) is 0. The van der Waals surface area contributed by atoms with Crippen LogP contribution in [-0.2, 0) is 14.4 Å². The highest BCUT2D eigenvalue weighted by atomic mass is 35.5. The van der Waals surface area contributed by atoms with Crippen molar-refractivity contribution in [1.82, 2.24) is 5.48 Å². The minimum atomic E-state index is -1.49. The summed E-state index contributed by atoms with van der Waals surface area (Å²) in [6.45, 7) is 0. The van der Waals surface area contributed by atoms with E-state index < -0.39 is 22.3 Å². The third-order valence-corrected chi connectivity index (χ3v) is 4.65. The maximum Gasteiger partial charge on any atom is 0.273 e. The van der Waals surface area contributed by atoms with Crippen LogP contribution in [0.4, 0.5) is 11.4 Å². The number of amides is 2. The quantitative estimate of drug-likeness (QED) is 0.495. The fourth-order valence-corrected chi connectivity index (χ4v) is 3.22. The predicted octanol–water partition coefficient (Wildman–Crippen LogP) is 2.83. The number of nitrogens with zero attached hydrogens (tertiary/aromatic N) is 2. The highest BCUT2D eigenvalue weighted by Crippen LogP contribution is 2.38. The standard InChI is InChI=1S/C18H12ClN3O5/c19-12-4-6-13(7-5-12)21-16(23)10-18(17(21)24)9-15(20-27-18)11-2-1-3-14(8-11)22(25)26/h1-9,20H,10H2/t18-/m1/s1. The average molecular weight is 386 g/mol. The van der Waals surface area contributed by atoms with E-state index in [0.717, 1.165) is 4.90 Å². The van der Waals surface area contributed by atoms with Gasteiger partial charge in [0.1, 0.15) is 0 Å². The van der Waals surface area contributed by atoms with Gasteiger partial charge in [0.25, 0.3) is 11.6 Å². The molecule has 1 spiro atoms. The summed E-state index contributed by atoms with van der Waals surface area (Å²) in [5, 5.41) is 11.4. The number of carbonyl (C=O) groups is 2. The molecule has 2 heterocycles. The van der Waals surface area contributed by atoms with Crippen molar-refractivity contribution in [3.05, 3.63) is 75.3 Å². The Hall–Kier alpha value is -3.23. The number of carbonyl (C=O) groups excluding carboxylic acids is 2. The first-order valence-corrected chi connectivity index (χ1v) is 8.32. The van der Waals surface area contributed by atoms with Gasteiger partial charge in [-0.05, 0) is 30.3 Å². The highest BCUT2D eigenvalue weighted by molar-refractivity contribution is 6.31. The lowest BCUT2D eigenvalue weighted by molar-refractivity contribution is -0.384. The number of anilines is 1. The Morgan fingerprint density at radius 3 is 2.63 bits per heavy atom. The Morgan fingerprint density at radius 2 is 1.93 bits per heavy atom. The van der Waals surface area contributed by atoms with Crippen LogP contribution in [0.25, 0.3) is 5.70 Å². The number of nitrogens with one attached hydrogen (secondary N) is 1. The number of nitro benzene ring substituents is 1. The van der Waals surface area contributed by atoms with Gasteiger partial charge in [0, 0.05) is 22.7 Å². The van der Waals surface area contributed by atoms with Crippen molar-refractivity contribution >= 4 is 40.5 Å². The molecule has 2 aliphatic heterocycles. The Bertz CT molecular complexity index is 1000. The van der Waals surface area contributed by atoms with E-state index in [4.69, 9.17) is 16.4 Å². The minimum absolute atomic E-state index is 0.0900. The topological polar surface area (TPSA) is 102 Å². The van der Waals surface area contributed by atoms with Gasteiger partial charge < -0.3 is 0 Å². The normalized spacial score (nSPS) is 21.5. The van der Waals surface area contributed by atoms with Crippen LogP contribution in [0.2, 0.25) is 5.02 Å². The smallest absolute Gasteiger partial charge is 0.273 e. The van der Waals surface area contributed by atoms with Gasteiger partial charge in [-0.3, -0.25) is 30.0 Å². The summed E-state index contributed by atoms with van der Waals surface area (Å²) in [4.78, 5) is 42.4. The minimum Gasteiger partial charge on any atom is -0.274 e. The maximum atomic E-state index is 12.9. The molecule has 27 heavy (non-hydrogen) atoms. The molecule has 0 bridgehead atoms. The Labute approximate surface area is 158 Å². The van der Waals surface area contributed by atoms with Crippen molar-refractivity contribution in [2.75, 3.05) is 4.90 Å². The Balaban J connectivity index is 1.68. The van der Waals surface area contributed by atoms with Crippen LogP contribution in [0.1, 0.15) is 12.0 Å². The van der Waals surface area contributed by atoms with E-state index in [1.165, 1.54) is 24.3 Å². The fourth-order valence-electron chi connectivity index (χ4n) is 3.09. The molecule has 0 aliphatic carbocycles. The number of imide groups is 1. The molecule has 1 fully saturated rings. The van der Waals surface area contributed by atoms with Crippen molar-refractivity contribution in [3.63, 3.8) is 0 Å². The second-order valence-corrected chi connectivity index (χ2v) is 6.58. The van der Waals surface area contributed by atoms with Gasteiger partial charge in [0.2, 0.25) is 11.5 Å². The highest BCUT2D eigenvalue weighted by Gasteiger charge is 2.55. The monoisotopic (exact) mass is 385 g/mol. The average Bonchev–Trinajstić information content (AvgIpc) is 3.18. The number of hydrogen-bond donors (Lipinski definition) is 1. The van der Waals surface area contributed by atoms with Crippen molar-refractivity contribution in [2.24, 2.45) is 0 Å². The molecule has 1 N–H and O–H groups in total. The zero-order chi connectivity index (χ0) is 19.2. The Morgan fingerprint density at radius 1 is 1.19 bits per heavy atom. The molecule has 0 radical (unpaired) electrons. The number of hydrogen-bond acceptors (Lipinski definition) is 6. The molecule has 1 atom stereocenters. The zero-order valence-corrected chi connectivity index (χ0v) is 14.5. The van der Waals surface area contributed by atoms with Crippen LogP contribution >= 0.6 is 11.6 Å². The van der Waals surface area contributed by atoms with Gasteiger partial charge in [0.05, 0.1) is 22.7 Å². The van der Waals surface area contributed by atoms with E-state index in [0.29, 0.717) is 22.0 Å². The van der Waals surface area contributed by atoms with Crippen LogP contribution < -0.4 is 10.4 Å². The van der Waals surface area contributed by atoms with E-state index in [9.17, 15) is 19.7 Å². The number of hydroxylamine groups is 1. The van der Waals surface area contributed by atoms with Crippen LogP contribution in [0.5, 0.6) is 0 Å². The number of nitro groups is 1. The van der Waals surface area contributed by atoms with Crippen LogP contribution in [0.15, 0.2) is 54.6 Å². The van der Waals surface area contributed by atoms with E-state index in [-0.39, 0.29) is 12.1 Å². The number of halogens is 1. The molecular weight excluding hydrogens is 374 g/mol. The molecule has 8 nitrogen and oxygen atoms in total. The lowest BCUT2D eigenvalue weighted by Gasteiger charge is -2.18. The molecular formula is C18H12ClN3O5. The summed E-state index contributed by atoms with van der Waals surface area (Å²) in [5.74, 6) is -0.955. The number of non-ortho nitro benzene ring substituents is 1. The summed E-state index contributed by atoms with van der Waals surface area (Å²) < 4.78 is 0. The van der Waals surface area contributed by atoms with Crippen LogP contribution in [0.3, 0.4) is 0 Å². The molecule has 0 unspecified atom stereocenters. The van der Waals surface area contributed by atoms with Gasteiger partial charge in [-0.15, -0.1) is 0 Å². The van der Waals surface area contributed by atoms with Crippen molar-refractivity contribution in [1.29, 1.82) is 0 Å². The lowest BCUT2D eigenvalue weighted by atomic mass is 9.99. The molecule has 0 saturated carbocycles. The second kappa shape index (κ2) is 6.19. The van der Waals surface area contributed by atoms with Crippen molar-refractivity contribution in [2.45, 2.75) is 12.0 Å². The molecule has 4 rings (SSSR count). The van der Waals surface area contributed by atoms with Crippen LogP contribution in [0, 0.1) is 10.1 Å². The first-order valence-electron chi connectivity index (χ1n) is 7.94. The summed E-state index contributed by atoms with van der Waals surface area (Å²) >= 11 is 5.85. The molecule has 136 valence electrons. The molecule has 2 aromatic rings. The molecule has 2 aliphatic rings. The van der Waals surface area contributed by atoms with Crippen molar-refractivity contribution in [3.8, 4) is 0 Å². The number of rotatable bonds is 3. The summed E-state index contributed by atoms with van der Waals surface area (Å²) in [5.41, 5.74) is 2.30.